The van der Waals surface area contributed by atoms with Gasteiger partial charge in [0, 0.05) is 5.02 Å². The molecule has 1 amide bonds. The van der Waals surface area contributed by atoms with Crippen LogP contribution in [-0.2, 0) is 16.0 Å². The van der Waals surface area contributed by atoms with Crippen LogP contribution in [0, 0.1) is 6.92 Å². The van der Waals surface area contributed by atoms with Gasteiger partial charge in [-0.15, -0.1) is 0 Å². The molecule has 29 heavy (non-hydrogen) atoms. The van der Waals surface area contributed by atoms with E-state index in [1.807, 2.05) is 20.8 Å². The van der Waals surface area contributed by atoms with Crippen molar-refractivity contribution < 1.29 is 14.3 Å². The Bertz CT molecular complexity index is 1100. The molecule has 0 aliphatic carbocycles. The monoisotopic (exact) mass is 433 g/mol. The van der Waals surface area contributed by atoms with Gasteiger partial charge >= 0.3 is 5.97 Å². The number of hydrogen-bond donors (Lipinski definition) is 2. The maximum atomic E-state index is 12.8. The maximum Gasteiger partial charge on any atom is 0.310 e. The Hall–Kier alpha value is -2.57. The molecule has 3 aromatic rings. The Morgan fingerprint density at radius 2 is 1.90 bits per heavy atom. The summed E-state index contributed by atoms with van der Waals surface area (Å²) in [7, 11) is 0. The molecular formula is C21H21Cl2N3O3. The van der Waals surface area contributed by atoms with Gasteiger partial charge in [-0.2, -0.15) is 0 Å². The standard InChI is InChI=1S/C21H21Cl2N3O3/c1-11-24-17-10-13(22)9-14(19(17)25-11)20(28)26-16-6-5-12(7-15(16)23)8-18(27)29-21(2,3)4/h5-7,9-10H,8H2,1-4H3,(H,24,25)(H,26,28). The molecule has 0 fully saturated rings. The highest BCUT2D eigenvalue weighted by Gasteiger charge is 2.18. The van der Waals surface area contributed by atoms with Crippen LogP contribution in [0.3, 0.4) is 0 Å². The van der Waals surface area contributed by atoms with E-state index < -0.39 is 5.60 Å². The summed E-state index contributed by atoms with van der Waals surface area (Å²) in [6.45, 7) is 7.23. The van der Waals surface area contributed by atoms with Crippen LogP contribution in [0.15, 0.2) is 30.3 Å². The molecule has 3 rings (SSSR count). The quantitative estimate of drug-likeness (QED) is 0.545. The van der Waals surface area contributed by atoms with Gasteiger partial charge in [0.15, 0.2) is 0 Å². The number of nitrogens with zero attached hydrogens (tertiary/aromatic N) is 1. The van der Waals surface area contributed by atoms with Gasteiger partial charge in [-0.1, -0.05) is 29.3 Å². The third kappa shape index (κ3) is 5.28. The number of halogens is 2. The Labute approximate surface area is 178 Å². The van der Waals surface area contributed by atoms with E-state index in [9.17, 15) is 9.59 Å². The highest BCUT2D eigenvalue weighted by molar-refractivity contribution is 6.34. The van der Waals surface area contributed by atoms with Crippen molar-refractivity contribution in [2.45, 2.75) is 39.7 Å². The predicted molar refractivity (Wildman–Crippen MR) is 115 cm³/mol. The zero-order valence-electron chi connectivity index (χ0n) is 16.5. The van der Waals surface area contributed by atoms with Gasteiger partial charge in [0.05, 0.1) is 28.2 Å². The number of amides is 1. The molecule has 0 atom stereocenters. The summed E-state index contributed by atoms with van der Waals surface area (Å²) in [6, 6.07) is 8.28. The summed E-state index contributed by atoms with van der Waals surface area (Å²) in [5, 5.41) is 3.51. The lowest BCUT2D eigenvalue weighted by Gasteiger charge is -2.19. The van der Waals surface area contributed by atoms with E-state index in [1.54, 1.807) is 37.3 Å². The topological polar surface area (TPSA) is 84.1 Å². The first-order valence-electron chi connectivity index (χ1n) is 8.99. The number of aromatic nitrogens is 2. The first-order valence-corrected chi connectivity index (χ1v) is 9.75. The molecule has 0 saturated carbocycles. The van der Waals surface area contributed by atoms with Crippen molar-refractivity contribution in [3.63, 3.8) is 0 Å². The van der Waals surface area contributed by atoms with Gasteiger partial charge in [-0.25, -0.2) is 4.98 Å². The highest BCUT2D eigenvalue weighted by Crippen LogP contribution is 2.27. The number of fused-ring (bicyclic) bond motifs is 1. The first kappa shape index (κ1) is 21.1. The van der Waals surface area contributed by atoms with Gasteiger partial charge in [0.2, 0.25) is 0 Å². The second-order valence-electron chi connectivity index (χ2n) is 7.70. The Morgan fingerprint density at radius 3 is 2.55 bits per heavy atom. The third-order valence-electron chi connectivity index (χ3n) is 3.96. The number of imidazole rings is 1. The van der Waals surface area contributed by atoms with Crippen LogP contribution >= 0.6 is 23.2 Å². The summed E-state index contributed by atoms with van der Waals surface area (Å²) < 4.78 is 5.31. The predicted octanol–water partition coefficient (Wildman–Crippen LogP) is 5.31. The van der Waals surface area contributed by atoms with E-state index in [1.165, 1.54) is 0 Å². The van der Waals surface area contributed by atoms with E-state index in [-0.39, 0.29) is 18.3 Å². The second kappa shape index (κ2) is 8.05. The third-order valence-corrected chi connectivity index (χ3v) is 4.50. The van der Waals surface area contributed by atoms with Gasteiger partial charge in [0.25, 0.3) is 5.91 Å². The van der Waals surface area contributed by atoms with Crippen molar-refractivity contribution in [3.8, 4) is 0 Å². The molecule has 1 heterocycles. The molecule has 0 bridgehead atoms. The highest BCUT2D eigenvalue weighted by atomic mass is 35.5. The minimum absolute atomic E-state index is 0.0900. The Balaban J connectivity index is 1.79. The van der Waals surface area contributed by atoms with Crippen molar-refractivity contribution >= 4 is 51.8 Å². The summed E-state index contributed by atoms with van der Waals surface area (Å²) >= 11 is 12.4. The van der Waals surface area contributed by atoms with E-state index in [0.717, 1.165) is 0 Å². The van der Waals surface area contributed by atoms with Gasteiger partial charge < -0.3 is 15.0 Å². The summed E-state index contributed by atoms with van der Waals surface area (Å²) in [4.78, 5) is 32.2. The van der Waals surface area contributed by atoms with Crippen molar-refractivity contribution in [3.05, 3.63) is 57.3 Å². The Kier molecular flexibility index (Phi) is 5.87. The molecule has 6 nitrogen and oxygen atoms in total. The molecule has 0 aliphatic rings. The average Bonchev–Trinajstić information content (AvgIpc) is 2.94. The molecule has 2 aromatic carbocycles. The van der Waals surface area contributed by atoms with Gasteiger partial charge in [0.1, 0.15) is 16.9 Å². The number of H-pyrrole nitrogens is 1. The number of anilines is 1. The number of carbonyl (C=O) groups excluding carboxylic acids is 2. The number of carbonyl (C=O) groups is 2. The number of aryl methyl sites for hydroxylation is 1. The van der Waals surface area contributed by atoms with Crippen LogP contribution in [0.4, 0.5) is 5.69 Å². The second-order valence-corrected chi connectivity index (χ2v) is 8.55. The van der Waals surface area contributed by atoms with Crippen LogP contribution in [-0.4, -0.2) is 27.4 Å². The van der Waals surface area contributed by atoms with Crippen LogP contribution in [0.2, 0.25) is 10.0 Å². The van der Waals surface area contributed by atoms with Gasteiger partial charge in [-0.3, -0.25) is 9.59 Å². The normalized spacial score (nSPS) is 11.5. The number of rotatable bonds is 4. The molecule has 152 valence electrons. The van der Waals surface area contributed by atoms with Crippen LogP contribution in [0.25, 0.3) is 11.0 Å². The fourth-order valence-electron chi connectivity index (χ4n) is 2.88. The average molecular weight is 434 g/mol. The lowest BCUT2D eigenvalue weighted by Crippen LogP contribution is -2.24. The number of benzene rings is 2. The van der Waals surface area contributed by atoms with E-state index in [4.69, 9.17) is 27.9 Å². The number of ether oxygens (including phenoxy) is 1. The maximum absolute atomic E-state index is 12.8. The SMILES string of the molecule is Cc1nc2c(C(=O)Nc3ccc(CC(=O)OC(C)(C)C)cc3Cl)cc(Cl)cc2[nH]1. The lowest BCUT2D eigenvalue weighted by molar-refractivity contribution is -0.153. The molecule has 0 spiro atoms. The van der Waals surface area contributed by atoms with E-state index in [2.05, 4.69) is 15.3 Å². The molecule has 0 radical (unpaired) electrons. The number of hydrogen-bond acceptors (Lipinski definition) is 4. The van der Waals surface area contributed by atoms with Crippen LogP contribution in [0.1, 0.15) is 42.5 Å². The smallest absolute Gasteiger partial charge is 0.310 e. The van der Waals surface area contributed by atoms with Crippen molar-refractivity contribution in [2.24, 2.45) is 0 Å². The molecule has 0 saturated heterocycles. The van der Waals surface area contributed by atoms with E-state index in [0.29, 0.717) is 43.7 Å². The van der Waals surface area contributed by atoms with Crippen LogP contribution < -0.4 is 5.32 Å². The molecule has 2 N–H and O–H groups in total. The number of esters is 1. The minimum Gasteiger partial charge on any atom is -0.460 e. The van der Waals surface area contributed by atoms with Crippen molar-refractivity contribution in [1.29, 1.82) is 0 Å². The summed E-state index contributed by atoms with van der Waals surface area (Å²) in [5.74, 6) is -0.0489. The first-order chi connectivity index (χ1) is 13.5. The molecular weight excluding hydrogens is 413 g/mol. The number of aromatic amines is 1. The lowest BCUT2D eigenvalue weighted by atomic mass is 10.1. The minimum atomic E-state index is -0.554. The summed E-state index contributed by atoms with van der Waals surface area (Å²) in [5.41, 5.74) is 2.11. The van der Waals surface area contributed by atoms with Crippen molar-refractivity contribution in [2.75, 3.05) is 5.32 Å². The Morgan fingerprint density at radius 1 is 1.17 bits per heavy atom. The molecule has 0 unspecified atom stereocenters. The molecule has 8 heteroatoms. The van der Waals surface area contributed by atoms with Crippen LogP contribution in [0.5, 0.6) is 0 Å². The summed E-state index contributed by atoms with van der Waals surface area (Å²) in [6.07, 6.45) is 0.0900. The van der Waals surface area contributed by atoms with Crippen molar-refractivity contribution in [1.82, 2.24) is 9.97 Å². The van der Waals surface area contributed by atoms with E-state index >= 15 is 0 Å². The zero-order valence-corrected chi connectivity index (χ0v) is 18.0. The molecule has 1 aromatic heterocycles. The largest absolute Gasteiger partial charge is 0.460 e. The number of nitrogens with one attached hydrogen (secondary N) is 2. The molecule has 0 aliphatic heterocycles. The fraction of sp³-hybridized carbons (Fsp3) is 0.286. The zero-order chi connectivity index (χ0) is 21.3. The van der Waals surface area contributed by atoms with Gasteiger partial charge in [-0.05, 0) is 57.5 Å². The fourth-order valence-corrected chi connectivity index (χ4v) is 3.35.